The molecule has 0 aliphatic rings. The van der Waals surface area contributed by atoms with Gasteiger partial charge in [-0.15, -0.1) is 0 Å². The molecule has 0 saturated carbocycles. The minimum atomic E-state index is -0.750. The van der Waals surface area contributed by atoms with Gasteiger partial charge in [-0.1, -0.05) is 41.9 Å². The number of carbonyl (C=O) groups is 1. The third-order valence-electron chi connectivity index (χ3n) is 2.54. The molecule has 0 aromatic heterocycles. The summed E-state index contributed by atoms with van der Waals surface area (Å²) in [5.74, 6) is -1.06. The topological polar surface area (TPSA) is 37.3 Å². The number of carboxylic acids is 1. The van der Waals surface area contributed by atoms with E-state index in [4.69, 9.17) is 5.11 Å². The first kappa shape index (κ1) is 11.2. The predicted octanol–water partition coefficient (Wildman–Crippen LogP) is 3.27. The summed E-state index contributed by atoms with van der Waals surface area (Å²) in [7, 11) is 0. The van der Waals surface area contributed by atoms with E-state index in [0.29, 0.717) is 0 Å². The molecule has 0 amide bonds. The highest BCUT2D eigenvalue weighted by Gasteiger charge is 2.20. The molecule has 0 saturated heterocycles. The van der Waals surface area contributed by atoms with Crippen LogP contribution in [0.4, 0.5) is 0 Å². The van der Waals surface area contributed by atoms with E-state index in [1.165, 1.54) is 0 Å². The van der Waals surface area contributed by atoms with Crippen LogP contribution in [0.5, 0.6) is 0 Å². The Hall–Kier alpha value is -0.830. The largest absolute Gasteiger partial charge is 0.481 e. The first-order chi connectivity index (χ1) is 6.52. The van der Waals surface area contributed by atoms with Crippen LogP contribution in [0.1, 0.15) is 25.3 Å². The van der Waals surface area contributed by atoms with Crippen molar-refractivity contribution in [2.24, 2.45) is 5.92 Å². The second-order valence-electron chi connectivity index (χ2n) is 3.47. The third kappa shape index (κ3) is 2.58. The van der Waals surface area contributed by atoms with Crippen LogP contribution in [0, 0.1) is 5.92 Å². The lowest BCUT2D eigenvalue weighted by molar-refractivity contribution is -0.141. The molecule has 14 heavy (non-hydrogen) atoms. The summed E-state index contributed by atoms with van der Waals surface area (Å²) in [4.78, 5) is 10.8. The molecule has 1 aromatic rings. The molecule has 0 aliphatic carbocycles. The molecular weight excluding hydrogens is 244 g/mol. The SMILES string of the molecule is CC(C(=O)O)C(C)c1ccc(Br)cc1. The molecule has 0 fully saturated rings. The predicted molar refractivity (Wildman–Crippen MR) is 59.4 cm³/mol. The number of hydrogen-bond donors (Lipinski definition) is 1. The zero-order chi connectivity index (χ0) is 10.7. The van der Waals surface area contributed by atoms with Gasteiger partial charge in [-0.3, -0.25) is 4.79 Å². The molecule has 0 bridgehead atoms. The van der Waals surface area contributed by atoms with E-state index in [1.54, 1.807) is 6.92 Å². The van der Waals surface area contributed by atoms with Gasteiger partial charge in [0.2, 0.25) is 0 Å². The lowest BCUT2D eigenvalue weighted by Gasteiger charge is -2.16. The first-order valence-corrected chi connectivity index (χ1v) is 5.30. The van der Waals surface area contributed by atoms with E-state index in [2.05, 4.69) is 15.9 Å². The molecule has 1 rings (SSSR count). The summed E-state index contributed by atoms with van der Waals surface area (Å²) in [6, 6.07) is 7.77. The maximum Gasteiger partial charge on any atom is 0.306 e. The fourth-order valence-corrected chi connectivity index (χ4v) is 1.53. The first-order valence-electron chi connectivity index (χ1n) is 4.50. The molecule has 2 atom stereocenters. The molecule has 0 aliphatic heterocycles. The summed E-state index contributed by atoms with van der Waals surface area (Å²) in [5.41, 5.74) is 1.06. The van der Waals surface area contributed by atoms with E-state index < -0.39 is 5.97 Å². The van der Waals surface area contributed by atoms with Gasteiger partial charge in [0, 0.05) is 4.47 Å². The summed E-state index contributed by atoms with van der Waals surface area (Å²) >= 11 is 3.34. The van der Waals surface area contributed by atoms with Crippen LogP contribution in [0.3, 0.4) is 0 Å². The van der Waals surface area contributed by atoms with E-state index in [9.17, 15) is 4.79 Å². The summed E-state index contributed by atoms with van der Waals surface area (Å²) in [6.07, 6.45) is 0. The molecule has 0 radical (unpaired) electrons. The third-order valence-corrected chi connectivity index (χ3v) is 3.06. The van der Waals surface area contributed by atoms with Crippen LogP contribution in [0.2, 0.25) is 0 Å². The lowest BCUT2D eigenvalue weighted by atomic mass is 9.89. The highest BCUT2D eigenvalue weighted by Crippen LogP contribution is 2.25. The smallest absolute Gasteiger partial charge is 0.306 e. The van der Waals surface area contributed by atoms with Gasteiger partial charge < -0.3 is 5.11 Å². The van der Waals surface area contributed by atoms with E-state index in [0.717, 1.165) is 10.0 Å². The maximum atomic E-state index is 10.8. The van der Waals surface area contributed by atoms with Crippen LogP contribution in [0.15, 0.2) is 28.7 Å². The molecule has 0 spiro atoms. The van der Waals surface area contributed by atoms with Gasteiger partial charge in [0.25, 0.3) is 0 Å². The van der Waals surface area contributed by atoms with E-state index >= 15 is 0 Å². The Kier molecular flexibility index (Phi) is 3.69. The van der Waals surface area contributed by atoms with Gasteiger partial charge >= 0.3 is 5.97 Å². The van der Waals surface area contributed by atoms with Gasteiger partial charge in [-0.05, 0) is 23.6 Å². The van der Waals surface area contributed by atoms with Gasteiger partial charge in [0.1, 0.15) is 0 Å². The van der Waals surface area contributed by atoms with Crippen LogP contribution in [-0.4, -0.2) is 11.1 Å². The Morgan fingerprint density at radius 1 is 1.29 bits per heavy atom. The molecule has 0 heterocycles. The van der Waals surface area contributed by atoms with Crippen molar-refractivity contribution < 1.29 is 9.90 Å². The van der Waals surface area contributed by atoms with Crippen LogP contribution in [-0.2, 0) is 4.79 Å². The number of rotatable bonds is 3. The van der Waals surface area contributed by atoms with Crippen molar-refractivity contribution in [2.75, 3.05) is 0 Å². The highest BCUT2D eigenvalue weighted by atomic mass is 79.9. The molecule has 3 heteroatoms. The zero-order valence-electron chi connectivity index (χ0n) is 8.20. The minimum absolute atomic E-state index is 0.0422. The van der Waals surface area contributed by atoms with Crippen molar-refractivity contribution in [1.29, 1.82) is 0 Å². The molecule has 2 nitrogen and oxygen atoms in total. The summed E-state index contributed by atoms with van der Waals surface area (Å²) in [5, 5.41) is 8.86. The lowest BCUT2D eigenvalue weighted by Crippen LogP contribution is -2.16. The quantitative estimate of drug-likeness (QED) is 0.902. The molecule has 1 aromatic carbocycles. The Morgan fingerprint density at radius 2 is 1.79 bits per heavy atom. The fourth-order valence-electron chi connectivity index (χ4n) is 1.27. The van der Waals surface area contributed by atoms with Crippen molar-refractivity contribution in [3.63, 3.8) is 0 Å². The monoisotopic (exact) mass is 256 g/mol. The standard InChI is InChI=1S/C11H13BrO2/c1-7(8(2)11(13)14)9-3-5-10(12)6-4-9/h3-8H,1-2H3,(H,13,14). The molecule has 2 unspecified atom stereocenters. The average Bonchev–Trinajstić information content (AvgIpc) is 2.16. The van der Waals surface area contributed by atoms with Crippen molar-refractivity contribution in [3.05, 3.63) is 34.3 Å². The van der Waals surface area contributed by atoms with E-state index in [-0.39, 0.29) is 11.8 Å². The Balaban J connectivity index is 2.84. The summed E-state index contributed by atoms with van der Waals surface area (Å²) in [6.45, 7) is 3.66. The highest BCUT2D eigenvalue weighted by molar-refractivity contribution is 9.10. The van der Waals surface area contributed by atoms with Crippen LogP contribution >= 0.6 is 15.9 Å². The number of carboxylic acid groups (broad SMARTS) is 1. The van der Waals surface area contributed by atoms with Gasteiger partial charge in [0.05, 0.1) is 5.92 Å². The minimum Gasteiger partial charge on any atom is -0.481 e. The second-order valence-corrected chi connectivity index (χ2v) is 4.38. The van der Waals surface area contributed by atoms with Crippen LogP contribution < -0.4 is 0 Å². The number of benzene rings is 1. The Morgan fingerprint density at radius 3 is 2.21 bits per heavy atom. The second kappa shape index (κ2) is 4.60. The fraction of sp³-hybridized carbons (Fsp3) is 0.364. The zero-order valence-corrected chi connectivity index (χ0v) is 9.78. The number of hydrogen-bond acceptors (Lipinski definition) is 1. The van der Waals surface area contributed by atoms with Crippen LogP contribution in [0.25, 0.3) is 0 Å². The maximum absolute atomic E-state index is 10.8. The summed E-state index contributed by atoms with van der Waals surface area (Å²) < 4.78 is 1.01. The van der Waals surface area contributed by atoms with Gasteiger partial charge in [-0.25, -0.2) is 0 Å². The van der Waals surface area contributed by atoms with Crippen molar-refractivity contribution >= 4 is 21.9 Å². The Bertz CT molecular complexity index is 319. The van der Waals surface area contributed by atoms with Gasteiger partial charge in [0.15, 0.2) is 0 Å². The number of halogens is 1. The molecular formula is C11H13BrO2. The van der Waals surface area contributed by atoms with Gasteiger partial charge in [-0.2, -0.15) is 0 Å². The van der Waals surface area contributed by atoms with E-state index in [1.807, 2.05) is 31.2 Å². The normalized spacial score (nSPS) is 14.8. The molecule has 76 valence electrons. The van der Waals surface area contributed by atoms with Crippen molar-refractivity contribution in [2.45, 2.75) is 19.8 Å². The number of aliphatic carboxylic acids is 1. The molecule has 1 N–H and O–H groups in total. The van der Waals surface area contributed by atoms with Crippen molar-refractivity contribution in [3.8, 4) is 0 Å². The Labute approximate surface area is 92.1 Å². The average molecular weight is 257 g/mol. The van der Waals surface area contributed by atoms with Crippen molar-refractivity contribution in [1.82, 2.24) is 0 Å².